The number of aromatic nitrogens is 4. The van der Waals surface area contributed by atoms with Crippen LogP contribution in [0.5, 0.6) is 0 Å². The Hall–Kier alpha value is -1.80. The van der Waals surface area contributed by atoms with Gasteiger partial charge in [0.05, 0.1) is 17.6 Å². The van der Waals surface area contributed by atoms with E-state index in [1.807, 2.05) is 0 Å². The summed E-state index contributed by atoms with van der Waals surface area (Å²) in [5.74, 6) is 3.30. The summed E-state index contributed by atoms with van der Waals surface area (Å²) in [6.45, 7) is 2.08. The van der Waals surface area contributed by atoms with Gasteiger partial charge >= 0.3 is 0 Å². The largest absolute Gasteiger partial charge is 0.356 e. The van der Waals surface area contributed by atoms with Crippen molar-refractivity contribution in [3.05, 3.63) is 11.5 Å². The second-order valence-corrected chi connectivity index (χ2v) is 3.96. The van der Waals surface area contributed by atoms with E-state index in [0.717, 1.165) is 18.2 Å². The lowest BCUT2D eigenvalue weighted by Crippen LogP contribution is -2.17. The molecule has 17 heavy (non-hydrogen) atoms. The average molecular weight is 250 g/mol. The lowest BCUT2D eigenvalue weighted by atomic mass is 10.2. The number of halogens is 1. The Morgan fingerprint density at radius 2 is 2.41 bits per heavy atom. The highest BCUT2D eigenvalue weighted by Gasteiger charge is 2.11. The Balaban J connectivity index is 2.34. The molecule has 5 nitrogen and oxygen atoms in total. The van der Waals surface area contributed by atoms with Crippen LogP contribution in [0.4, 0.5) is 5.82 Å². The van der Waals surface area contributed by atoms with E-state index in [1.165, 1.54) is 0 Å². The number of fused-ring (bicyclic) bond motifs is 1. The minimum Gasteiger partial charge on any atom is -0.356 e. The zero-order valence-corrected chi connectivity index (χ0v) is 10.1. The van der Waals surface area contributed by atoms with Crippen LogP contribution < -0.4 is 5.32 Å². The molecule has 2 rings (SSSR count). The maximum Gasteiger partial charge on any atom is 0.226 e. The van der Waals surface area contributed by atoms with Crippen molar-refractivity contribution in [1.29, 1.82) is 0 Å². The molecule has 0 fully saturated rings. The van der Waals surface area contributed by atoms with Crippen LogP contribution in [-0.4, -0.2) is 26.2 Å². The molecule has 1 unspecified atom stereocenters. The summed E-state index contributed by atoms with van der Waals surface area (Å²) >= 11 is 5.82. The highest BCUT2D eigenvalue weighted by molar-refractivity contribution is 6.28. The lowest BCUT2D eigenvalue weighted by Gasteiger charge is -2.12. The first kappa shape index (κ1) is 11.7. The summed E-state index contributed by atoms with van der Waals surface area (Å²) in [6.07, 6.45) is 8.97. The Labute approximate surface area is 104 Å². The molecule has 0 saturated heterocycles. The summed E-state index contributed by atoms with van der Waals surface area (Å²) in [6, 6.07) is -0.0657. The second kappa shape index (κ2) is 5.02. The maximum atomic E-state index is 5.82. The molecule has 2 heterocycles. The molecule has 2 N–H and O–H groups in total. The second-order valence-electron chi connectivity index (χ2n) is 3.63. The van der Waals surface area contributed by atoms with Crippen molar-refractivity contribution in [3.63, 3.8) is 0 Å². The fourth-order valence-corrected chi connectivity index (χ4v) is 1.74. The molecule has 0 aromatic carbocycles. The van der Waals surface area contributed by atoms with E-state index in [2.05, 4.69) is 38.3 Å². The Kier molecular flexibility index (Phi) is 3.45. The number of rotatable bonds is 4. The van der Waals surface area contributed by atoms with Crippen molar-refractivity contribution in [2.45, 2.75) is 25.8 Å². The van der Waals surface area contributed by atoms with Gasteiger partial charge in [-0.2, -0.15) is 15.1 Å². The van der Waals surface area contributed by atoms with Crippen LogP contribution in [0.3, 0.4) is 0 Å². The smallest absolute Gasteiger partial charge is 0.226 e. The third kappa shape index (κ3) is 2.48. The van der Waals surface area contributed by atoms with E-state index in [4.69, 9.17) is 18.0 Å². The first-order valence-electron chi connectivity index (χ1n) is 5.34. The Morgan fingerprint density at radius 3 is 3.12 bits per heavy atom. The fraction of sp³-hybridized carbons (Fsp3) is 0.364. The fourth-order valence-electron chi connectivity index (χ4n) is 1.57. The monoisotopic (exact) mass is 249 g/mol. The Bertz CT molecular complexity index is 556. The van der Waals surface area contributed by atoms with Gasteiger partial charge in [-0.3, -0.25) is 5.10 Å². The molecule has 0 aliphatic heterocycles. The van der Waals surface area contributed by atoms with E-state index in [9.17, 15) is 0 Å². The number of hydrogen-bond donors (Lipinski definition) is 2. The molecule has 1 atom stereocenters. The van der Waals surface area contributed by atoms with Gasteiger partial charge in [0.25, 0.3) is 0 Å². The summed E-state index contributed by atoms with van der Waals surface area (Å²) < 4.78 is 0. The predicted octanol–water partition coefficient (Wildman–Crippen LogP) is 2.22. The normalized spacial score (nSPS) is 12.3. The van der Waals surface area contributed by atoms with Gasteiger partial charge in [0.2, 0.25) is 5.28 Å². The van der Waals surface area contributed by atoms with Crippen molar-refractivity contribution >= 4 is 28.5 Å². The van der Waals surface area contributed by atoms with Crippen molar-refractivity contribution in [1.82, 2.24) is 20.2 Å². The third-order valence-electron chi connectivity index (χ3n) is 2.37. The molecule has 0 bridgehead atoms. The SMILES string of the molecule is C#CC(CCC)Nc1nc(Cl)nc2[nH]ncc12. The van der Waals surface area contributed by atoms with Crippen molar-refractivity contribution in [3.8, 4) is 12.3 Å². The standard InChI is InChI=1S/C11H12ClN5/c1-3-5-7(4-2)14-9-8-6-13-17-10(8)16-11(12)15-9/h2,6-7H,3,5H2,1H3,(H2,13,14,15,16,17). The molecule has 0 aliphatic rings. The van der Waals surface area contributed by atoms with Crippen LogP contribution >= 0.6 is 11.6 Å². The number of aromatic amines is 1. The number of anilines is 1. The third-order valence-corrected chi connectivity index (χ3v) is 2.54. The minimum atomic E-state index is -0.0657. The topological polar surface area (TPSA) is 66.5 Å². The molecule has 0 spiro atoms. The molecule has 2 aromatic heterocycles. The van der Waals surface area contributed by atoms with E-state index in [-0.39, 0.29) is 11.3 Å². The first-order valence-corrected chi connectivity index (χ1v) is 5.71. The minimum absolute atomic E-state index is 0.0657. The molecule has 0 amide bonds. The van der Waals surface area contributed by atoms with Crippen LogP contribution in [0.1, 0.15) is 19.8 Å². The summed E-state index contributed by atoms with van der Waals surface area (Å²) in [7, 11) is 0. The molecule has 2 aromatic rings. The predicted molar refractivity (Wildman–Crippen MR) is 67.8 cm³/mol. The van der Waals surface area contributed by atoms with Crippen LogP contribution in [0.25, 0.3) is 11.0 Å². The van der Waals surface area contributed by atoms with Crippen molar-refractivity contribution in [2.24, 2.45) is 0 Å². The zero-order valence-electron chi connectivity index (χ0n) is 9.37. The summed E-state index contributed by atoms with van der Waals surface area (Å²) in [5.41, 5.74) is 0.597. The van der Waals surface area contributed by atoms with Crippen LogP contribution in [0.15, 0.2) is 6.20 Å². The molecule has 0 saturated carbocycles. The first-order chi connectivity index (χ1) is 8.24. The highest BCUT2D eigenvalue weighted by Crippen LogP contribution is 2.21. The Morgan fingerprint density at radius 1 is 1.59 bits per heavy atom. The average Bonchev–Trinajstić information content (AvgIpc) is 2.76. The number of terminal acetylenes is 1. The summed E-state index contributed by atoms with van der Waals surface area (Å²) in [5, 5.41) is 10.8. The molecular formula is C11H12ClN5. The molecule has 0 radical (unpaired) electrons. The van der Waals surface area contributed by atoms with Gasteiger partial charge in [-0.1, -0.05) is 19.3 Å². The number of nitrogens with zero attached hydrogens (tertiary/aromatic N) is 3. The van der Waals surface area contributed by atoms with Gasteiger partial charge in [-0.15, -0.1) is 6.42 Å². The highest BCUT2D eigenvalue weighted by atomic mass is 35.5. The van der Waals surface area contributed by atoms with Gasteiger partial charge in [-0.25, -0.2) is 0 Å². The van der Waals surface area contributed by atoms with E-state index < -0.39 is 0 Å². The number of hydrogen-bond acceptors (Lipinski definition) is 4. The van der Waals surface area contributed by atoms with Crippen LogP contribution in [-0.2, 0) is 0 Å². The molecule has 0 aliphatic carbocycles. The quantitative estimate of drug-likeness (QED) is 0.644. The van der Waals surface area contributed by atoms with Gasteiger partial charge in [-0.05, 0) is 18.0 Å². The zero-order chi connectivity index (χ0) is 12.3. The van der Waals surface area contributed by atoms with E-state index in [0.29, 0.717) is 11.5 Å². The molecule has 6 heteroatoms. The lowest BCUT2D eigenvalue weighted by molar-refractivity contribution is 0.753. The van der Waals surface area contributed by atoms with Gasteiger partial charge in [0.15, 0.2) is 5.65 Å². The van der Waals surface area contributed by atoms with E-state index in [1.54, 1.807) is 6.20 Å². The van der Waals surface area contributed by atoms with Crippen molar-refractivity contribution in [2.75, 3.05) is 5.32 Å². The number of nitrogens with one attached hydrogen (secondary N) is 2. The summed E-state index contributed by atoms with van der Waals surface area (Å²) in [4.78, 5) is 8.15. The van der Waals surface area contributed by atoms with Gasteiger partial charge in [0.1, 0.15) is 5.82 Å². The van der Waals surface area contributed by atoms with Crippen LogP contribution in [0.2, 0.25) is 5.28 Å². The molecular weight excluding hydrogens is 238 g/mol. The molecule has 88 valence electrons. The van der Waals surface area contributed by atoms with E-state index >= 15 is 0 Å². The van der Waals surface area contributed by atoms with Gasteiger partial charge < -0.3 is 5.32 Å². The van der Waals surface area contributed by atoms with Crippen LogP contribution in [0, 0.1) is 12.3 Å². The number of H-pyrrole nitrogens is 1. The van der Waals surface area contributed by atoms with Crippen molar-refractivity contribution < 1.29 is 0 Å². The van der Waals surface area contributed by atoms with Gasteiger partial charge in [0, 0.05) is 0 Å². The maximum absolute atomic E-state index is 5.82.